The van der Waals surface area contributed by atoms with Crippen LogP contribution in [-0.4, -0.2) is 18.1 Å². The number of methoxy groups -OCH3 is 1. The smallest absolute Gasteiger partial charge is 0.339 e. The number of esters is 1. The molecule has 1 heterocycles. The maximum absolute atomic E-state index is 14.2. The summed E-state index contributed by atoms with van der Waals surface area (Å²) < 4.78 is 24.3. The zero-order chi connectivity index (χ0) is 18.5. The van der Waals surface area contributed by atoms with Gasteiger partial charge in [0.2, 0.25) is 0 Å². The second-order valence-electron chi connectivity index (χ2n) is 8.19. The number of carbonyl (C=O) groups excluding carboxylic acids is 1. The highest BCUT2D eigenvalue weighted by atomic mass is 19.1. The van der Waals surface area contributed by atoms with Crippen LogP contribution in [0.3, 0.4) is 0 Å². The molecule has 4 bridgehead atoms. The maximum atomic E-state index is 14.2. The summed E-state index contributed by atoms with van der Waals surface area (Å²) in [4.78, 5) is 15.3. The van der Waals surface area contributed by atoms with Crippen LogP contribution >= 0.6 is 0 Å². The second kappa shape index (κ2) is 6.32. The van der Waals surface area contributed by atoms with Crippen molar-refractivity contribution in [1.29, 1.82) is 0 Å². The fourth-order valence-corrected chi connectivity index (χ4v) is 5.85. The van der Waals surface area contributed by atoms with E-state index in [4.69, 9.17) is 4.74 Å². The van der Waals surface area contributed by atoms with Crippen LogP contribution in [0.1, 0.15) is 47.5 Å². The number of carbonyl (C=O) groups is 1. The number of pyridine rings is 1. The van der Waals surface area contributed by atoms with Crippen LogP contribution < -0.4 is 4.74 Å². The summed E-state index contributed by atoms with van der Waals surface area (Å²) in [6.07, 6.45) is 6.87. The van der Waals surface area contributed by atoms with E-state index in [-0.39, 0.29) is 11.4 Å². The summed E-state index contributed by atoms with van der Waals surface area (Å²) in [6, 6.07) is 9.10. The molecule has 1 aromatic heterocycles. The van der Waals surface area contributed by atoms with E-state index in [0.29, 0.717) is 11.7 Å². The molecule has 4 aliphatic carbocycles. The predicted octanol–water partition coefficient (Wildman–Crippen LogP) is 4.95. The van der Waals surface area contributed by atoms with Gasteiger partial charge in [-0.3, -0.25) is 0 Å². The SMILES string of the molecule is COC(=O)c1cnc(Oc2ccc(C3C4CC5CC(C4)C3C5)cc2)c(F)c1. The first-order valence-corrected chi connectivity index (χ1v) is 9.64. The molecule has 5 atom stereocenters. The molecule has 4 aliphatic rings. The van der Waals surface area contributed by atoms with Crippen molar-refractivity contribution in [2.75, 3.05) is 7.11 Å². The molecule has 4 fully saturated rings. The minimum atomic E-state index is -0.688. The van der Waals surface area contributed by atoms with E-state index in [1.54, 1.807) is 0 Å². The molecule has 0 N–H and O–H groups in total. The molecule has 0 saturated heterocycles. The number of nitrogens with zero attached hydrogens (tertiary/aromatic N) is 1. The van der Waals surface area contributed by atoms with Crippen molar-refractivity contribution < 1.29 is 18.7 Å². The van der Waals surface area contributed by atoms with Gasteiger partial charge in [0, 0.05) is 6.20 Å². The highest BCUT2D eigenvalue weighted by Gasteiger charge is 2.53. The van der Waals surface area contributed by atoms with Crippen LogP contribution in [0.2, 0.25) is 0 Å². The maximum Gasteiger partial charge on any atom is 0.339 e. The lowest BCUT2D eigenvalue weighted by Crippen LogP contribution is -2.21. The van der Waals surface area contributed by atoms with Crippen molar-refractivity contribution in [3.05, 3.63) is 53.5 Å². The number of hydrogen-bond donors (Lipinski definition) is 0. The van der Waals surface area contributed by atoms with Crippen LogP contribution in [0, 0.1) is 29.5 Å². The summed E-state index contributed by atoms with van der Waals surface area (Å²) in [6.45, 7) is 0. The van der Waals surface area contributed by atoms with Crippen LogP contribution in [0.4, 0.5) is 4.39 Å². The Labute approximate surface area is 157 Å². The van der Waals surface area contributed by atoms with Gasteiger partial charge in [-0.25, -0.2) is 14.2 Å². The van der Waals surface area contributed by atoms with E-state index in [2.05, 4.69) is 21.9 Å². The van der Waals surface area contributed by atoms with Gasteiger partial charge in [-0.1, -0.05) is 12.1 Å². The lowest BCUT2D eigenvalue weighted by molar-refractivity contribution is 0.0599. The molecule has 4 saturated carbocycles. The van der Waals surface area contributed by atoms with Crippen LogP contribution in [0.25, 0.3) is 0 Å². The molecule has 1 aromatic carbocycles. The van der Waals surface area contributed by atoms with Crippen molar-refractivity contribution in [3.8, 4) is 11.6 Å². The summed E-state index contributed by atoms with van der Waals surface area (Å²) >= 11 is 0. The molecular weight excluding hydrogens is 345 g/mol. The third-order valence-corrected chi connectivity index (χ3v) is 6.77. The first-order chi connectivity index (χ1) is 13.1. The van der Waals surface area contributed by atoms with Gasteiger partial charge < -0.3 is 9.47 Å². The van der Waals surface area contributed by atoms with Gasteiger partial charge in [-0.15, -0.1) is 0 Å². The van der Waals surface area contributed by atoms with Crippen molar-refractivity contribution in [1.82, 2.24) is 4.98 Å². The van der Waals surface area contributed by atoms with E-state index in [0.717, 1.165) is 29.7 Å². The van der Waals surface area contributed by atoms with Gasteiger partial charge in [-0.05, 0) is 79.0 Å². The fourth-order valence-electron chi connectivity index (χ4n) is 5.85. The van der Waals surface area contributed by atoms with E-state index in [1.165, 1.54) is 44.6 Å². The molecular formula is C22H22FNO3. The van der Waals surface area contributed by atoms with Crippen molar-refractivity contribution in [2.45, 2.75) is 31.6 Å². The summed E-state index contributed by atoms with van der Waals surface area (Å²) in [5.41, 5.74) is 1.44. The molecule has 6 rings (SSSR count). The molecule has 27 heavy (non-hydrogen) atoms. The Balaban J connectivity index is 1.32. The monoisotopic (exact) mass is 367 g/mol. The molecule has 0 radical (unpaired) electrons. The largest absolute Gasteiger partial charge is 0.465 e. The Hall–Kier alpha value is -2.43. The van der Waals surface area contributed by atoms with Crippen molar-refractivity contribution in [3.63, 3.8) is 0 Å². The van der Waals surface area contributed by atoms with Gasteiger partial charge in [0.05, 0.1) is 12.7 Å². The third kappa shape index (κ3) is 2.80. The lowest BCUT2D eigenvalue weighted by Gasteiger charge is -2.32. The van der Waals surface area contributed by atoms with Crippen LogP contribution in [0.5, 0.6) is 11.6 Å². The van der Waals surface area contributed by atoms with Gasteiger partial charge >= 0.3 is 5.97 Å². The third-order valence-electron chi connectivity index (χ3n) is 6.77. The fraction of sp³-hybridized carbons (Fsp3) is 0.455. The number of aromatic nitrogens is 1. The highest BCUT2D eigenvalue weighted by molar-refractivity contribution is 5.88. The van der Waals surface area contributed by atoms with Crippen LogP contribution in [-0.2, 0) is 4.74 Å². The van der Waals surface area contributed by atoms with Gasteiger partial charge in [0.25, 0.3) is 5.88 Å². The average Bonchev–Trinajstić information content (AvgIpc) is 3.10. The molecule has 0 amide bonds. The lowest BCUT2D eigenvalue weighted by atomic mass is 9.73. The molecule has 2 aromatic rings. The second-order valence-corrected chi connectivity index (χ2v) is 8.19. The number of ether oxygens (including phenoxy) is 2. The Morgan fingerprint density at radius 3 is 2.59 bits per heavy atom. The van der Waals surface area contributed by atoms with E-state index < -0.39 is 11.8 Å². The normalized spacial score (nSPS) is 30.5. The predicted molar refractivity (Wildman–Crippen MR) is 97.2 cm³/mol. The van der Waals surface area contributed by atoms with Gasteiger partial charge in [-0.2, -0.15) is 0 Å². The quantitative estimate of drug-likeness (QED) is 0.718. The number of rotatable bonds is 4. The minimum absolute atomic E-state index is 0.0591. The van der Waals surface area contributed by atoms with E-state index in [1.807, 2.05) is 12.1 Å². The molecule has 0 aliphatic heterocycles. The van der Waals surface area contributed by atoms with Gasteiger partial charge in [0.1, 0.15) is 5.75 Å². The first-order valence-electron chi connectivity index (χ1n) is 9.64. The topological polar surface area (TPSA) is 48.4 Å². The zero-order valence-electron chi connectivity index (χ0n) is 15.2. The minimum Gasteiger partial charge on any atom is -0.465 e. The van der Waals surface area contributed by atoms with Crippen molar-refractivity contribution >= 4 is 5.97 Å². The van der Waals surface area contributed by atoms with E-state index >= 15 is 0 Å². The molecule has 0 spiro atoms. The van der Waals surface area contributed by atoms with E-state index in [9.17, 15) is 9.18 Å². The van der Waals surface area contributed by atoms with Gasteiger partial charge in [0.15, 0.2) is 5.82 Å². The molecule has 5 heteroatoms. The zero-order valence-corrected chi connectivity index (χ0v) is 15.2. The first kappa shape index (κ1) is 16.7. The molecule has 5 unspecified atom stereocenters. The Morgan fingerprint density at radius 1 is 1.11 bits per heavy atom. The molecule has 140 valence electrons. The molecule has 4 nitrogen and oxygen atoms in total. The Bertz CT molecular complexity index is 878. The summed E-state index contributed by atoms with van der Waals surface area (Å²) in [5.74, 6) is 3.36. The number of halogens is 1. The summed E-state index contributed by atoms with van der Waals surface area (Å²) in [7, 11) is 1.24. The summed E-state index contributed by atoms with van der Waals surface area (Å²) in [5, 5.41) is 0. The average molecular weight is 367 g/mol. The Kier molecular flexibility index (Phi) is 3.92. The van der Waals surface area contributed by atoms with Crippen molar-refractivity contribution in [2.24, 2.45) is 23.7 Å². The standard InChI is InChI=1S/C22H22FNO3/c1-26-22(25)16-10-19(23)21(24-11-16)27-17-4-2-13(3-5-17)20-15-7-12-6-14(9-15)18(20)8-12/h2-5,10-12,14-15,18,20H,6-9H2,1H3. The number of hydrogen-bond acceptors (Lipinski definition) is 4. The highest BCUT2D eigenvalue weighted by Crippen LogP contribution is 2.64. The number of benzene rings is 1. The van der Waals surface area contributed by atoms with Crippen LogP contribution in [0.15, 0.2) is 36.5 Å². The Morgan fingerprint density at radius 2 is 1.89 bits per heavy atom.